The average Bonchev–Trinajstić information content (AvgIpc) is 2.30. The van der Waals surface area contributed by atoms with Gasteiger partial charge in [-0.1, -0.05) is 35.9 Å². The molecular weight excluding hydrogens is 238 g/mol. The predicted octanol–water partition coefficient (Wildman–Crippen LogP) is 2.14. The summed E-state index contributed by atoms with van der Waals surface area (Å²) in [6.45, 7) is 0. The number of amides is 2. The minimum Gasteiger partial charge on any atom is -0.353 e. The van der Waals surface area contributed by atoms with E-state index in [1.807, 2.05) is 18.2 Å². The van der Waals surface area contributed by atoms with Gasteiger partial charge in [0.25, 0.3) is 0 Å². The van der Waals surface area contributed by atoms with Crippen LogP contribution in [0.1, 0.15) is 0 Å². The largest absolute Gasteiger partial charge is 0.353 e. The van der Waals surface area contributed by atoms with Crippen molar-refractivity contribution in [1.29, 1.82) is 0 Å². The first kappa shape index (κ1) is 11.5. The van der Waals surface area contributed by atoms with Crippen molar-refractivity contribution in [3.63, 3.8) is 0 Å². The molecule has 3 N–H and O–H groups in total. The summed E-state index contributed by atoms with van der Waals surface area (Å²) in [7, 11) is 0. The molecule has 1 aromatic rings. The van der Waals surface area contributed by atoms with Gasteiger partial charge in [-0.25, -0.2) is 4.79 Å². The van der Waals surface area contributed by atoms with Crippen LogP contribution in [-0.4, -0.2) is 11.2 Å². The van der Waals surface area contributed by atoms with Gasteiger partial charge in [-0.3, -0.25) is 4.90 Å². The van der Waals surface area contributed by atoms with E-state index in [1.165, 1.54) is 4.90 Å². The Hall–Kier alpha value is -1.94. The van der Waals surface area contributed by atoms with Crippen LogP contribution in [0.5, 0.6) is 0 Å². The summed E-state index contributed by atoms with van der Waals surface area (Å²) in [4.78, 5) is 12.9. The molecular formula is C12H12ClN3O. The number of halogens is 1. The second-order valence-corrected chi connectivity index (χ2v) is 4.12. The van der Waals surface area contributed by atoms with E-state index < -0.39 is 11.2 Å². The number of allylic oxidation sites excluding steroid dienone is 2. The number of nitrogens with one attached hydrogen (secondary N) is 1. The highest BCUT2D eigenvalue weighted by molar-refractivity contribution is 6.28. The van der Waals surface area contributed by atoms with Crippen molar-refractivity contribution in [2.24, 2.45) is 5.73 Å². The van der Waals surface area contributed by atoms with E-state index in [1.54, 1.807) is 36.6 Å². The van der Waals surface area contributed by atoms with Crippen molar-refractivity contribution in [1.82, 2.24) is 5.32 Å². The lowest BCUT2D eigenvalue weighted by Crippen LogP contribution is -2.57. The van der Waals surface area contributed by atoms with Crippen LogP contribution in [0.15, 0.2) is 54.8 Å². The lowest BCUT2D eigenvalue weighted by atomic mass is 10.2. The molecule has 0 aliphatic carbocycles. The zero-order valence-electron chi connectivity index (χ0n) is 9.01. The van der Waals surface area contributed by atoms with E-state index in [2.05, 4.69) is 5.32 Å². The molecule has 0 saturated carbocycles. The van der Waals surface area contributed by atoms with Gasteiger partial charge in [0.2, 0.25) is 5.12 Å². The van der Waals surface area contributed by atoms with Crippen LogP contribution >= 0.6 is 11.6 Å². The van der Waals surface area contributed by atoms with E-state index in [9.17, 15) is 4.79 Å². The summed E-state index contributed by atoms with van der Waals surface area (Å²) in [6.07, 6.45) is 6.85. The number of para-hydroxylation sites is 1. The van der Waals surface area contributed by atoms with Crippen molar-refractivity contribution in [3.05, 3.63) is 54.8 Å². The second kappa shape index (κ2) is 4.51. The molecule has 1 unspecified atom stereocenters. The highest BCUT2D eigenvalue weighted by Gasteiger charge is 2.35. The number of hydrogen-bond acceptors (Lipinski definition) is 2. The van der Waals surface area contributed by atoms with E-state index in [-0.39, 0.29) is 0 Å². The molecule has 1 aliphatic rings. The fourth-order valence-electron chi connectivity index (χ4n) is 1.64. The molecule has 17 heavy (non-hydrogen) atoms. The third kappa shape index (κ3) is 2.26. The number of benzene rings is 1. The molecule has 88 valence electrons. The fourth-order valence-corrected chi connectivity index (χ4v) is 1.96. The van der Waals surface area contributed by atoms with Gasteiger partial charge in [-0.15, -0.1) is 0 Å². The summed E-state index contributed by atoms with van der Waals surface area (Å²) < 4.78 is 0. The summed E-state index contributed by atoms with van der Waals surface area (Å²) in [5.41, 5.74) is 6.02. The third-order valence-corrected chi connectivity index (χ3v) is 2.77. The van der Waals surface area contributed by atoms with E-state index in [4.69, 9.17) is 17.3 Å². The Kier molecular flexibility index (Phi) is 3.06. The van der Waals surface area contributed by atoms with Gasteiger partial charge >= 0.3 is 6.03 Å². The number of nitrogens with zero attached hydrogens (tertiary/aromatic N) is 1. The number of hydrogen-bond donors (Lipinski definition) is 2. The van der Waals surface area contributed by atoms with Crippen LogP contribution in [0, 0.1) is 0 Å². The predicted molar refractivity (Wildman–Crippen MR) is 68.5 cm³/mol. The molecule has 0 spiro atoms. The van der Waals surface area contributed by atoms with Crippen molar-refractivity contribution in [2.45, 2.75) is 5.12 Å². The van der Waals surface area contributed by atoms with E-state index in [0.717, 1.165) is 0 Å². The Bertz CT molecular complexity index is 472. The molecule has 2 amide bonds. The van der Waals surface area contributed by atoms with Crippen LogP contribution in [0.3, 0.4) is 0 Å². The molecule has 5 heteroatoms. The SMILES string of the molecule is NC(=O)N(c1ccccc1)C1(Cl)C=CC=CN1. The molecule has 2 rings (SSSR count). The first-order valence-corrected chi connectivity index (χ1v) is 5.47. The Morgan fingerprint density at radius 2 is 2.00 bits per heavy atom. The van der Waals surface area contributed by atoms with Crippen LogP contribution in [0.2, 0.25) is 0 Å². The quantitative estimate of drug-likeness (QED) is 0.623. The molecule has 0 radical (unpaired) electrons. The van der Waals surface area contributed by atoms with E-state index >= 15 is 0 Å². The number of carbonyl (C=O) groups excluding carboxylic acids is 1. The number of dihydropyridines is 1. The van der Waals surface area contributed by atoms with Crippen LogP contribution in [-0.2, 0) is 0 Å². The number of nitrogens with two attached hydrogens (primary N) is 1. The normalized spacial score (nSPS) is 21.9. The smallest absolute Gasteiger partial charge is 0.322 e. The highest BCUT2D eigenvalue weighted by Crippen LogP contribution is 2.28. The summed E-state index contributed by atoms with van der Waals surface area (Å²) in [6, 6.07) is 8.39. The molecule has 0 bridgehead atoms. The maximum Gasteiger partial charge on any atom is 0.322 e. The Balaban J connectivity index is 2.40. The molecule has 0 aromatic heterocycles. The topological polar surface area (TPSA) is 58.4 Å². The molecule has 0 saturated heterocycles. The maximum atomic E-state index is 11.6. The van der Waals surface area contributed by atoms with Crippen LogP contribution in [0.25, 0.3) is 0 Å². The summed E-state index contributed by atoms with van der Waals surface area (Å²) in [5, 5.41) is 1.73. The number of anilines is 1. The minimum absolute atomic E-state index is 0.626. The zero-order valence-corrected chi connectivity index (χ0v) is 9.76. The first-order valence-electron chi connectivity index (χ1n) is 5.09. The van der Waals surface area contributed by atoms with Gasteiger partial charge < -0.3 is 11.1 Å². The average molecular weight is 250 g/mol. The Morgan fingerprint density at radius 3 is 2.53 bits per heavy atom. The highest BCUT2D eigenvalue weighted by atomic mass is 35.5. The molecule has 1 aromatic carbocycles. The molecule has 4 nitrogen and oxygen atoms in total. The standard InChI is InChI=1S/C12H12ClN3O/c13-12(8-4-5-9-15-12)16(11(14)17)10-6-2-1-3-7-10/h1-9,15H,(H2,14,17). The zero-order chi connectivity index (χ0) is 12.3. The van der Waals surface area contributed by atoms with Gasteiger partial charge in [0.15, 0.2) is 0 Å². The van der Waals surface area contributed by atoms with Gasteiger partial charge in [-0.2, -0.15) is 0 Å². The molecule has 1 aliphatic heterocycles. The van der Waals surface area contributed by atoms with Crippen molar-refractivity contribution < 1.29 is 4.79 Å². The van der Waals surface area contributed by atoms with Crippen molar-refractivity contribution in [2.75, 3.05) is 4.90 Å². The maximum absolute atomic E-state index is 11.6. The summed E-state index contributed by atoms with van der Waals surface area (Å²) in [5.74, 6) is 0. The first-order chi connectivity index (χ1) is 8.13. The van der Waals surface area contributed by atoms with Crippen LogP contribution in [0.4, 0.5) is 10.5 Å². The Labute approximate surface area is 104 Å². The van der Waals surface area contributed by atoms with Gasteiger partial charge in [0, 0.05) is 5.69 Å². The Morgan fingerprint density at radius 1 is 1.29 bits per heavy atom. The van der Waals surface area contributed by atoms with Gasteiger partial charge in [0.05, 0.1) is 0 Å². The van der Waals surface area contributed by atoms with E-state index in [0.29, 0.717) is 5.69 Å². The molecule has 1 heterocycles. The van der Waals surface area contributed by atoms with Crippen molar-refractivity contribution >= 4 is 23.3 Å². The number of urea groups is 1. The number of alkyl halides is 1. The van der Waals surface area contributed by atoms with Crippen LogP contribution < -0.4 is 16.0 Å². The lowest BCUT2D eigenvalue weighted by molar-refractivity contribution is 0.251. The third-order valence-electron chi connectivity index (χ3n) is 2.37. The molecule has 0 fully saturated rings. The monoisotopic (exact) mass is 249 g/mol. The van der Waals surface area contributed by atoms with Gasteiger partial charge in [0.1, 0.15) is 0 Å². The lowest BCUT2D eigenvalue weighted by Gasteiger charge is -2.36. The second-order valence-electron chi connectivity index (χ2n) is 3.55. The number of rotatable bonds is 2. The number of carbonyl (C=O) groups is 1. The minimum atomic E-state index is -1.16. The molecule has 1 atom stereocenters. The summed E-state index contributed by atoms with van der Waals surface area (Å²) >= 11 is 6.35. The van der Waals surface area contributed by atoms with Gasteiger partial charge in [-0.05, 0) is 30.5 Å². The fraction of sp³-hybridized carbons (Fsp3) is 0.0833. The number of primary amides is 1. The van der Waals surface area contributed by atoms with Crippen molar-refractivity contribution in [3.8, 4) is 0 Å².